The first kappa shape index (κ1) is 21.0. The average Bonchev–Trinajstić information content (AvgIpc) is 3.07. The first-order valence-corrected chi connectivity index (χ1v) is 11.1. The number of ether oxygens (including phenoxy) is 1. The summed E-state index contributed by atoms with van der Waals surface area (Å²) in [5.41, 5.74) is 8.90. The highest BCUT2D eigenvalue weighted by atomic mass is 16.5. The number of carbonyl (C=O) groups excluding carboxylic acids is 3. The second-order valence-electron chi connectivity index (χ2n) is 8.45. The van der Waals surface area contributed by atoms with Crippen LogP contribution in [0.2, 0.25) is 0 Å². The number of nitrogens with zero attached hydrogens (tertiary/aromatic N) is 1. The van der Waals surface area contributed by atoms with E-state index in [1.165, 1.54) is 0 Å². The zero-order valence-electron chi connectivity index (χ0n) is 18.6. The molecule has 0 radical (unpaired) electrons. The topological polar surface area (TPSA) is 102 Å². The van der Waals surface area contributed by atoms with E-state index in [9.17, 15) is 14.4 Å². The van der Waals surface area contributed by atoms with Gasteiger partial charge >= 0.3 is 5.97 Å². The lowest BCUT2D eigenvalue weighted by Crippen LogP contribution is -2.53. The first-order valence-electron chi connectivity index (χ1n) is 11.1. The van der Waals surface area contributed by atoms with Gasteiger partial charge in [-0.2, -0.15) is 0 Å². The normalized spacial score (nSPS) is 21.8. The van der Waals surface area contributed by atoms with Gasteiger partial charge in [0.05, 0.1) is 12.3 Å². The Kier molecular flexibility index (Phi) is 4.85. The molecule has 1 unspecified atom stereocenters. The summed E-state index contributed by atoms with van der Waals surface area (Å²) < 4.78 is 5.41. The number of nitrogens with two attached hydrogens (primary N) is 1. The molecular formula is C26H25N3O4. The average molecular weight is 444 g/mol. The highest BCUT2D eigenvalue weighted by Gasteiger charge is 2.61. The minimum Gasteiger partial charge on any atom is -0.462 e. The van der Waals surface area contributed by atoms with Crippen molar-refractivity contribution in [1.82, 2.24) is 0 Å². The van der Waals surface area contributed by atoms with Gasteiger partial charge in [0.2, 0.25) is 5.91 Å². The summed E-state index contributed by atoms with van der Waals surface area (Å²) in [4.78, 5) is 42.6. The molecule has 2 heterocycles. The van der Waals surface area contributed by atoms with Crippen LogP contribution in [0.15, 0.2) is 71.2 Å². The molecule has 0 aromatic heterocycles. The maximum absolute atomic E-state index is 13.8. The summed E-state index contributed by atoms with van der Waals surface area (Å²) in [5, 5.41) is 2.88. The molecule has 2 aliphatic heterocycles. The van der Waals surface area contributed by atoms with Crippen molar-refractivity contribution in [3.8, 4) is 0 Å². The predicted molar refractivity (Wildman–Crippen MR) is 124 cm³/mol. The lowest BCUT2D eigenvalue weighted by molar-refractivity contribution is -0.140. The Bertz CT molecular complexity index is 1280. The number of ketones is 1. The molecule has 1 aliphatic carbocycles. The molecule has 3 N–H and O–H groups in total. The molecule has 1 atom stereocenters. The highest BCUT2D eigenvalue weighted by molar-refractivity contribution is 6.23. The lowest BCUT2D eigenvalue weighted by atomic mass is 9.63. The molecule has 0 saturated carbocycles. The van der Waals surface area contributed by atoms with Crippen LogP contribution in [-0.2, 0) is 24.5 Å². The number of esters is 1. The number of hydrogen-bond acceptors (Lipinski definition) is 6. The van der Waals surface area contributed by atoms with Crippen molar-refractivity contribution in [2.75, 3.05) is 16.8 Å². The van der Waals surface area contributed by atoms with Gasteiger partial charge in [-0.3, -0.25) is 14.5 Å². The first-order chi connectivity index (χ1) is 15.9. The van der Waals surface area contributed by atoms with Gasteiger partial charge in [-0.05, 0) is 44.4 Å². The van der Waals surface area contributed by atoms with E-state index in [1.54, 1.807) is 36.1 Å². The Balaban J connectivity index is 1.91. The minimum absolute atomic E-state index is 0.0101. The molecule has 2 aromatic rings. The number of allylic oxidation sites excluding steroid dienone is 1. The number of hydrogen-bond donors (Lipinski definition) is 2. The molecule has 2 aromatic carbocycles. The number of Topliss-reactive ketones (excluding diaryl/α,β-unsaturated/α-hetero) is 1. The quantitative estimate of drug-likeness (QED) is 0.705. The van der Waals surface area contributed by atoms with E-state index in [4.69, 9.17) is 10.5 Å². The van der Waals surface area contributed by atoms with E-state index in [1.807, 2.05) is 31.2 Å². The van der Waals surface area contributed by atoms with E-state index in [0.29, 0.717) is 41.8 Å². The Morgan fingerprint density at radius 2 is 1.85 bits per heavy atom. The van der Waals surface area contributed by atoms with Crippen LogP contribution in [0.25, 0.3) is 0 Å². The Morgan fingerprint density at radius 3 is 2.61 bits per heavy atom. The third-order valence-electron chi connectivity index (χ3n) is 6.66. The number of para-hydroxylation sites is 2. The van der Waals surface area contributed by atoms with E-state index >= 15 is 0 Å². The lowest BCUT2D eigenvalue weighted by Gasteiger charge is -2.44. The van der Waals surface area contributed by atoms with Gasteiger partial charge in [0.25, 0.3) is 0 Å². The van der Waals surface area contributed by atoms with Gasteiger partial charge in [0.1, 0.15) is 16.8 Å². The van der Waals surface area contributed by atoms with Crippen LogP contribution >= 0.6 is 0 Å². The van der Waals surface area contributed by atoms with Crippen LogP contribution < -0.4 is 16.0 Å². The number of rotatable bonds is 3. The number of amides is 1. The fourth-order valence-corrected chi connectivity index (χ4v) is 5.36. The minimum atomic E-state index is -1.64. The second-order valence-corrected chi connectivity index (χ2v) is 8.45. The molecular weight excluding hydrogens is 418 g/mol. The Morgan fingerprint density at radius 1 is 1.12 bits per heavy atom. The summed E-state index contributed by atoms with van der Waals surface area (Å²) in [5.74, 6) is -1.20. The number of fused-ring (bicyclic) bond motifs is 3. The van der Waals surface area contributed by atoms with Gasteiger partial charge in [0, 0.05) is 28.9 Å². The smallest absolute Gasteiger partial charge is 0.339 e. The summed E-state index contributed by atoms with van der Waals surface area (Å²) in [6.07, 6.45) is 1.50. The maximum Gasteiger partial charge on any atom is 0.339 e. The van der Waals surface area contributed by atoms with Crippen molar-refractivity contribution in [1.29, 1.82) is 0 Å². The molecule has 5 rings (SSSR count). The van der Waals surface area contributed by atoms with Crippen LogP contribution in [0.4, 0.5) is 11.4 Å². The number of nitrogens with one attached hydrogen (secondary N) is 1. The van der Waals surface area contributed by atoms with Gasteiger partial charge < -0.3 is 15.8 Å². The molecule has 7 heteroatoms. The van der Waals surface area contributed by atoms with Crippen molar-refractivity contribution in [3.63, 3.8) is 0 Å². The standard InChI is InChI=1S/C26H25N3O4/c1-3-33-24(31)22-23(27)29(18-12-7-4-9-15(18)2)19-13-8-14-20(30)21(19)26(22)16-10-5-6-11-17(16)28-25(26)32/h4-7,9-12H,3,8,13-14,27H2,1-2H3,(H,28,32). The van der Waals surface area contributed by atoms with Crippen molar-refractivity contribution in [2.24, 2.45) is 5.73 Å². The predicted octanol–water partition coefficient (Wildman–Crippen LogP) is 3.45. The molecule has 0 saturated heterocycles. The monoisotopic (exact) mass is 443 g/mol. The maximum atomic E-state index is 13.8. The van der Waals surface area contributed by atoms with Crippen LogP contribution in [0.5, 0.6) is 0 Å². The summed E-state index contributed by atoms with van der Waals surface area (Å²) in [6, 6.07) is 14.8. The molecule has 1 spiro atoms. The molecule has 0 bridgehead atoms. The van der Waals surface area contributed by atoms with E-state index in [-0.39, 0.29) is 23.8 Å². The second kappa shape index (κ2) is 7.62. The van der Waals surface area contributed by atoms with Crippen molar-refractivity contribution in [2.45, 2.75) is 38.5 Å². The molecule has 1 amide bonds. The van der Waals surface area contributed by atoms with Gasteiger partial charge in [-0.1, -0.05) is 36.4 Å². The van der Waals surface area contributed by atoms with E-state index in [2.05, 4.69) is 5.32 Å². The SMILES string of the molecule is CCOC(=O)C1=C(N)N(c2ccccc2C)C2=C(C(=O)CCC2)C12C(=O)Nc1ccccc12. The molecule has 168 valence electrons. The Labute approximate surface area is 191 Å². The van der Waals surface area contributed by atoms with Gasteiger partial charge in [-0.15, -0.1) is 0 Å². The zero-order valence-corrected chi connectivity index (χ0v) is 18.6. The van der Waals surface area contributed by atoms with Gasteiger partial charge in [0.15, 0.2) is 5.78 Å². The van der Waals surface area contributed by atoms with E-state index in [0.717, 1.165) is 11.3 Å². The zero-order chi connectivity index (χ0) is 23.3. The third-order valence-corrected chi connectivity index (χ3v) is 6.66. The Hall–Kier alpha value is -3.87. The van der Waals surface area contributed by atoms with Crippen LogP contribution in [0, 0.1) is 6.92 Å². The van der Waals surface area contributed by atoms with Crippen molar-refractivity contribution >= 4 is 29.0 Å². The van der Waals surface area contributed by atoms with Crippen LogP contribution in [0.3, 0.4) is 0 Å². The highest BCUT2D eigenvalue weighted by Crippen LogP contribution is 2.55. The van der Waals surface area contributed by atoms with Gasteiger partial charge in [-0.25, -0.2) is 4.79 Å². The molecule has 3 aliphatic rings. The fourth-order valence-electron chi connectivity index (χ4n) is 5.36. The summed E-state index contributed by atoms with van der Waals surface area (Å²) in [7, 11) is 0. The number of anilines is 2. The molecule has 7 nitrogen and oxygen atoms in total. The van der Waals surface area contributed by atoms with Crippen LogP contribution in [-0.4, -0.2) is 24.3 Å². The molecule has 0 fully saturated rings. The van der Waals surface area contributed by atoms with E-state index < -0.39 is 17.3 Å². The third kappa shape index (κ3) is 2.78. The van der Waals surface area contributed by atoms with Crippen molar-refractivity contribution < 1.29 is 19.1 Å². The summed E-state index contributed by atoms with van der Waals surface area (Å²) >= 11 is 0. The summed E-state index contributed by atoms with van der Waals surface area (Å²) in [6.45, 7) is 3.75. The largest absolute Gasteiger partial charge is 0.462 e. The number of benzene rings is 2. The molecule has 33 heavy (non-hydrogen) atoms. The van der Waals surface area contributed by atoms with Crippen molar-refractivity contribution in [3.05, 3.63) is 82.3 Å². The fraction of sp³-hybridized carbons (Fsp3) is 0.269. The number of carbonyl (C=O) groups is 3. The van der Waals surface area contributed by atoms with Crippen LogP contribution in [0.1, 0.15) is 37.3 Å². The number of aryl methyl sites for hydroxylation is 1.